The summed E-state index contributed by atoms with van der Waals surface area (Å²) in [7, 11) is 0. The summed E-state index contributed by atoms with van der Waals surface area (Å²) >= 11 is 0. The summed E-state index contributed by atoms with van der Waals surface area (Å²) < 4.78 is 0. The van der Waals surface area contributed by atoms with Gasteiger partial charge in [0.25, 0.3) is 0 Å². The van der Waals surface area contributed by atoms with E-state index in [2.05, 4.69) is 219 Å². The van der Waals surface area contributed by atoms with Crippen molar-refractivity contribution < 1.29 is 0 Å². The predicted molar refractivity (Wildman–Crippen MR) is 240 cm³/mol. The first-order valence-electron chi connectivity index (χ1n) is 19.6. The maximum atomic E-state index is 2.40. The van der Waals surface area contributed by atoms with Crippen LogP contribution in [-0.2, 0) is 5.41 Å². The van der Waals surface area contributed by atoms with Crippen LogP contribution in [0.4, 0.5) is 17.1 Å². The van der Waals surface area contributed by atoms with Crippen molar-refractivity contribution in [2.24, 2.45) is 0 Å². The summed E-state index contributed by atoms with van der Waals surface area (Å²) in [5, 5.41) is 10.2. The minimum absolute atomic E-state index is 0.0433. The molecule has 11 rings (SSSR count). The van der Waals surface area contributed by atoms with Gasteiger partial charge in [0.1, 0.15) is 0 Å². The molecule has 0 heterocycles. The number of hydrogen-bond acceptors (Lipinski definition) is 1. The summed E-state index contributed by atoms with van der Waals surface area (Å²) in [6, 6.07) is 74.0. The van der Waals surface area contributed by atoms with E-state index in [0.29, 0.717) is 0 Å². The van der Waals surface area contributed by atoms with Gasteiger partial charge in [0.15, 0.2) is 0 Å². The Balaban J connectivity index is 0.992. The summed E-state index contributed by atoms with van der Waals surface area (Å²) in [4.78, 5) is 2.40. The number of anilines is 3. The Labute approximate surface area is 327 Å². The van der Waals surface area contributed by atoms with Crippen LogP contribution in [0.1, 0.15) is 25.0 Å². The average molecular weight is 714 g/mol. The largest absolute Gasteiger partial charge is 0.310 e. The van der Waals surface area contributed by atoms with Gasteiger partial charge >= 0.3 is 0 Å². The highest BCUT2D eigenvalue weighted by Crippen LogP contribution is 2.50. The zero-order valence-corrected chi connectivity index (χ0v) is 31.5. The molecule has 10 aromatic carbocycles. The van der Waals surface area contributed by atoms with Crippen molar-refractivity contribution in [3.05, 3.63) is 211 Å². The highest BCUT2D eigenvalue weighted by molar-refractivity contribution is 6.17. The zero-order valence-electron chi connectivity index (χ0n) is 31.5. The van der Waals surface area contributed by atoms with Gasteiger partial charge in [-0.1, -0.05) is 166 Å². The Morgan fingerprint density at radius 2 is 0.786 bits per heavy atom. The minimum Gasteiger partial charge on any atom is -0.310 e. The number of benzene rings is 10. The first kappa shape index (κ1) is 32.5. The molecule has 1 aliphatic carbocycles. The lowest BCUT2D eigenvalue weighted by Gasteiger charge is -2.27. The van der Waals surface area contributed by atoms with Crippen molar-refractivity contribution in [3.8, 4) is 33.4 Å². The minimum atomic E-state index is -0.0433. The molecule has 0 radical (unpaired) electrons. The summed E-state index contributed by atoms with van der Waals surface area (Å²) in [6.45, 7) is 4.69. The second-order valence-corrected chi connectivity index (χ2v) is 15.8. The van der Waals surface area contributed by atoms with Gasteiger partial charge in [-0.05, 0) is 136 Å². The lowest BCUT2D eigenvalue weighted by atomic mass is 9.82. The highest BCUT2D eigenvalue weighted by atomic mass is 15.1. The van der Waals surface area contributed by atoms with Crippen LogP contribution < -0.4 is 4.90 Å². The van der Waals surface area contributed by atoms with Crippen LogP contribution in [0.15, 0.2) is 200 Å². The van der Waals surface area contributed by atoms with Crippen molar-refractivity contribution in [3.63, 3.8) is 0 Å². The maximum Gasteiger partial charge on any atom is 0.0468 e. The number of nitrogens with zero attached hydrogens (tertiary/aromatic N) is 1. The number of rotatable bonds is 5. The van der Waals surface area contributed by atoms with Crippen molar-refractivity contribution in [1.29, 1.82) is 0 Å². The SMILES string of the molecule is CC1(C)c2ccccc2-c2cc(N(c3ccc(-c4ccc5ccccc5c4)cc3)c3ccc(-c4ccc5c(ccc6c7ccccc7ccc56)c4)cc3)ccc21. The van der Waals surface area contributed by atoms with Crippen molar-refractivity contribution in [2.75, 3.05) is 4.90 Å². The molecule has 0 saturated heterocycles. The summed E-state index contributed by atoms with van der Waals surface area (Å²) in [5.41, 5.74) is 13.6. The fourth-order valence-electron chi connectivity index (χ4n) is 9.28. The summed E-state index contributed by atoms with van der Waals surface area (Å²) in [6.07, 6.45) is 0. The Kier molecular flexibility index (Phi) is 7.28. The van der Waals surface area contributed by atoms with Crippen LogP contribution in [-0.4, -0.2) is 0 Å². The third kappa shape index (κ3) is 5.16. The zero-order chi connectivity index (χ0) is 37.4. The molecule has 0 spiro atoms. The van der Waals surface area contributed by atoms with Crippen LogP contribution >= 0.6 is 0 Å². The molecule has 0 amide bonds. The lowest BCUT2D eigenvalue weighted by molar-refractivity contribution is 0.660. The molecule has 1 aliphatic rings. The first-order valence-corrected chi connectivity index (χ1v) is 19.6. The molecular formula is C55H39N. The third-order valence-corrected chi connectivity index (χ3v) is 12.2. The van der Waals surface area contributed by atoms with E-state index in [0.717, 1.165) is 17.1 Å². The van der Waals surface area contributed by atoms with Crippen LogP contribution in [0.2, 0.25) is 0 Å². The molecule has 1 heteroatoms. The van der Waals surface area contributed by atoms with Gasteiger partial charge in [0, 0.05) is 22.5 Å². The van der Waals surface area contributed by atoms with Crippen LogP contribution in [0.25, 0.3) is 76.5 Å². The second kappa shape index (κ2) is 12.5. The van der Waals surface area contributed by atoms with Gasteiger partial charge in [-0.3, -0.25) is 0 Å². The average Bonchev–Trinajstić information content (AvgIpc) is 3.49. The Bertz CT molecular complexity index is 3150. The van der Waals surface area contributed by atoms with Gasteiger partial charge < -0.3 is 4.90 Å². The normalized spacial score (nSPS) is 13.0. The van der Waals surface area contributed by atoms with E-state index in [1.165, 1.54) is 87.6 Å². The van der Waals surface area contributed by atoms with Gasteiger partial charge in [-0.2, -0.15) is 0 Å². The Hall–Kier alpha value is -6.96. The molecule has 0 N–H and O–H groups in total. The van der Waals surface area contributed by atoms with E-state index in [1.807, 2.05) is 0 Å². The van der Waals surface area contributed by atoms with Crippen LogP contribution in [0, 0.1) is 0 Å². The van der Waals surface area contributed by atoms with Gasteiger partial charge in [-0.15, -0.1) is 0 Å². The smallest absolute Gasteiger partial charge is 0.0468 e. The molecule has 0 saturated carbocycles. The quantitative estimate of drug-likeness (QED) is 0.161. The molecule has 56 heavy (non-hydrogen) atoms. The van der Waals surface area contributed by atoms with Crippen LogP contribution in [0.3, 0.4) is 0 Å². The van der Waals surface area contributed by atoms with E-state index in [9.17, 15) is 0 Å². The van der Waals surface area contributed by atoms with Crippen LogP contribution in [0.5, 0.6) is 0 Å². The molecular weight excluding hydrogens is 675 g/mol. The summed E-state index contributed by atoms with van der Waals surface area (Å²) in [5.74, 6) is 0. The standard InChI is InChI=1S/C55H39N/c1-55(2)53-14-8-7-13-51(53)52-35-46(28-32-54(52)55)56(44-24-17-37(18-25-44)41-16-15-36-9-3-4-11-40(36)33-41)45-26-19-38(20-27-45)42-22-29-48-43(34-42)23-31-49-47-12-6-5-10-39(47)21-30-50(48)49/h3-35H,1-2H3. The van der Waals surface area contributed by atoms with E-state index in [-0.39, 0.29) is 5.41 Å². The molecule has 10 aromatic rings. The maximum absolute atomic E-state index is 2.40. The Morgan fingerprint density at radius 3 is 1.52 bits per heavy atom. The molecule has 264 valence electrons. The Morgan fingerprint density at radius 1 is 0.304 bits per heavy atom. The predicted octanol–water partition coefficient (Wildman–Crippen LogP) is 15.4. The fraction of sp³-hybridized carbons (Fsp3) is 0.0545. The van der Waals surface area contributed by atoms with Crippen molar-refractivity contribution in [1.82, 2.24) is 0 Å². The van der Waals surface area contributed by atoms with E-state index in [1.54, 1.807) is 0 Å². The topological polar surface area (TPSA) is 3.24 Å². The molecule has 1 nitrogen and oxygen atoms in total. The molecule has 0 atom stereocenters. The number of hydrogen-bond donors (Lipinski definition) is 0. The van der Waals surface area contributed by atoms with Gasteiger partial charge in [0.2, 0.25) is 0 Å². The molecule has 0 aromatic heterocycles. The monoisotopic (exact) mass is 713 g/mol. The van der Waals surface area contributed by atoms with E-state index in [4.69, 9.17) is 0 Å². The molecule has 0 bridgehead atoms. The number of fused-ring (bicyclic) bond motifs is 9. The first-order chi connectivity index (χ1) is 27.5. The van der Waals surface area contributed by atoms with Crippen molar-refractivity contribution in [2.45, 2.75) is 19.3 Å². The van der Waals surface area contributed by atoms with Gasteiger partial charge in [0.05, 0.1) is 0 Å². The lowest BCUT2D eigenvalue weighted by Crippen LogP contribution is -2.15. The molecule has 0 fully saturated rings. The molecule has 0 unspecified atom stereocenters. The van der Waals surface area contributed by atoms with Gasteiger partial charge in [-0.25, -0.2) is 0 Å². The van der Waals surface area contributed by atoms with Crippen molar-refractivity contribution >= 4 is 60.2 Å². The third-order valence-electron chi connectivity index (χ3n) is 12.2. The van der Waals surface area contributed by atoms with E-state index >= 15 is 0 Å². The highest BCUT2D eigenvalue weighted by Gasteiger charge is 2.35. The fourth-order valence-corrected chi connectivity index (χ4v) is 9.28. The second-order valence-electron chi connectivity index (χ2n) is 15.8. The molecule has 0 aliphatic heterocycles. The van der Waals surface area contributed by atoms with E-state index < -0.39 is 0 Å².